The molecule has 0 N–H and O–H groups in total. The number of alkyl halides is 1. The number of hydrogen-bond acceptors (Lipinski definition) is 4. The van der Waals surface area contributed by atoms with Gasteiger partial charge in [-0.3, -0.25) is 14.3 Å². The second kappa shape index (κ2) is 11.3. The molecule has 37 heavy (non-hydrogen) atoms. The largest absolute Gasteiger partial charge is 0.346 e. The summed E-state index contributed by atoms with van der Waals surface area (Å²) in [7, 11) is 2.13. The van der Waals surface area contributed by atoms with Crippen LogP contribution < -0.4 is 5.56 Å². The van der Waals surface area contributed by atoms with Gasteiger partial charge in [-0.25, -0.2) is 4.98 Å². The highest BCUT2D eigenvalue weighted by atomic mass is 35.5. The first-order valence-electron chi connectivity index (χ1n) is 13.0. The second-order valence-electron chi connectivity index (χ2n) is 9.32. The molecule has 0 radical (unpaired) electrons. The summed E-state index contributed by atoms with van der Waals surface area (Å²) in [6.07, 6.45) is 16.3. The van der Waals surface area contributed by atoms with Crippen LogP contribution in [-0.2, 0) is 13.6 Å². The topological polar surface area (TPSA) is 43.1 Å². The third-order valence-corrected chi connectivity index (χ3v) is 8.45. The second-order valence-corrected chi connectivity index (χ2v) is 10.8. The van der Waals surface area contributed by atoms with E-state index in [0.29, 0.717) is 4.90 Å². The van der Waals surface area contributed by atoms with Crippen LogP contribution in [0, 0.1) is 0 Å². The molecule has 1 fully saturated rings. The fourth-order valence-corrected chi connectivity index (χ4v) is 6.24. The van der Waals surface area contributed by atoms with Gasteiger partial charge in [0.05, 0.1) is 21.7 Å². The number of aromatic nitrogens is 3. The zero-order valence-electron chi connectivity index (χ0n) is 21.7. The van der Waals surface area contributed by atoms with Crippen molar-refractivity contribution in [1.29, 1.82) is 0 Å². The van der Waals surface area contributed by atoms with E-state index in [4.69, 9.17) is 11.6 Å². The third-order valence-electron chi connectivity index (χ3n) is 7.03. The van der Waals surface area contributed by atoms with Crippen LogP contribution in [0.1, 0.15) is 38.1 Å². The highest BCUT2D eigenvalue weighted by Crippen LogP contribution is 2.33. The molecule has 4 heterocycles. The number of rotatable bonds is 4. The van der Waals surface area contributed by atoms with Crippen molar-refractivity contribution in [2.24, 2.45) is 7.05 Å². The molecule has 0 bridgehead atoms. The van der Waals surface area contributed by atoms with Crippen LogP contribution >= 0.6 is 23.4 Å². The summed E-state index contributed by atoms with van der Waals surface area (Å²) in [5.41, 5.74) is 6.30. The fourth-order valence-electron chi connectivity index (χ4n) is 5.06. The standard InChI is InChI=1S/C28H27ClN4OS.C2H6/c1-31-24(16-32-11-2-3-12-32)14-20-13-23(9-10-26(20)31)33-18-30-25-15-21(17-35-27(25)28(33)34)19-5-4-6-22(29)8-7-19;1-2/h4-10,13-15,18,22H,2-3,11-12,16-17H2,1H3;1-2H3. The van der Waals surface area contributed by atoms with Crippen molar-refractivity contribution in [1.82, 2.24) is 19.0 Å². The molecule has 6 rings (SSSR count). The smallest absolute Gasteiger partial charge is 0.272 e. The molecule has 0 amide bonds. The van der Waals surface area contributed by atoms with Crippen molar-refractivity contribution in [3.63, 3.8) is 0 Å². The number of hydrogen-bond donors (Lipinski definition) is 0. The Balaban J connectivity index is 0.00000137. The Labute approximate surface area is 227 Å². The summed E-state index contributed by atoms with van der Waals surface area (Å²) in [5.74, 6) is 0.725. The van der Waals surface area contributed by atoms with Gasteiger partial charge in [-0.1, -0.05) is 44.2 Å². The molecule has 1 aromatic carbocycles. The Kier molecular flexibility index (Phi) is 7.89. The lowest BCUT2D eigenvalue weighted by Crippen LogP contribution is -2.23. The minimum absolute atomic E-state index is 0.0195. The number of thioether (sulfide) groups is 1. The minimum Gasteiger partial charge on any atom is -0.346 e. The van der Waals surface area contributed by atoms with E-state index in [9.17, 15) is 4.79 Å². The first kappa shape index (κ1) is 25.8. The molecule has 3 aliphatic rings. The summed E-state index contributed by atoms with van der Waals surface area (Å²) in [6.45, 7) is 7.32. The fraction of sp³-hybridized carbons (Fsp3) is 0.333. The molecule has 3 aromatic rings. The monoisotopic (exact) mass is 532 g/mol. The van der Waals surface area contributed by atoms with Crippen LogP contribution in [0.2, 0.25) is 0 Å². The van der Waals surface area contributed by atoms with Crippen molar-refractivity contribution in [2.75, 3.05) is 18.8 Å². The lowest BCUT2D eigenvalue weighted by Gasteiger charge is -2.17. The Morgan fingerprint density at radius 1 is 1.14 bits per heavy atom. The van der Waals surface area contributed by atoms with E-state index in [1.807, 2.05) is 50.3 Å². The zero-order valence-corrected chi connectivity index (χ0v) is 23.2. The van der Waals surface area contributed by atoms with E-state index < -0.39 is 0 Å². The number of nitrogens with zero attached hydrogens (tertiary/aromatic N) is 4. The molecule has 5 nitrogen and oxygen atoms in total. The minimum atomic E-state index is -0.101. The maximum Gasteiger partial charge on any atom is 0.272 e. The van der Waals surface area contributed by atoms with Crippen molar-refractivity contribution < 1.29 is 0 Å². The molecule has 0 saturated carbocycles. The van der Waals surface area contributed by atoms with Gasteiger partial charge in [0.25, 0.3) is 5.56 Å². The summed E-state index contributed by atoms with van der Waals surface area (Å²) < 4.78 is 3.94. The van der Waals surface area contributed by atoms with Gasteiger partial charge < -0.3 is 4.57 Å². The van der Waals surface area contributed by atoms with Crippen molar-refractivity contribution in [3.05, 3.63) is 93.9 Å². The molecular weight excluding hydrogens is 500 g/mol. The number of aryl methyl sites for hydroxylation is 1. The Bertz CT molecular complexity index is 1490. The summed E-state index contributed by atoms with van der Waals surface area (Å²) >= 11 is 7.75. The van der Waals surface area contributed by atoms with Gasteiger partial charge in [-0.2, -0.15) is 0 Å². The average molecular weight is 533 g/mol. The molecule has 1 saturated heterocycles. The van der Waals surface area contributed by atoms with Crippen LogP contribution in [0.4, 0.5) is 0 Å². The van der Waals surface area contributed by atoms with Crippen molar-refractivity contribution in [2.45, 2.75) is 43.5 Å². The number of benzene rings is 1. The molecule has 1 aliphatic carbocycles. The van der Waals surface area contributed by atoms with Gasteiger partial charge in [0.15, 0.2) is 0 Å². The van der Waals surface area contributed by atoms with Crippen LogP contribution in [0.3, 0.4) is 0 Å². The summed E-state index contributed by atoms with van der Waals surface area (Å²) in [5, 5.41) is 1.05. The third kappa shape index (κ3) is 5.28. The molecule has 7 heteroatoms. The molecule has 192 valence electrons. The quantitative estimate of drug-likeness (QED) is 0.360. The molecule has 0 spiro atoms. The molecule has 2 aromatic heterocycles. The van der Waals surface area contributed by atoms with Gasteiger partial charge in [-0.05, 0) is 67.4 Å². The number of allylic oxidation sites excluding steroid dienone is 6. The van der Waals surface area contributed by atoms with Gasteiger partial charge in [0, 0.05) is 35.9 Å². The maximum atomic E-state index is 13.4. The Hall–Kier alpha value is -2.80. The Morgan fingerprint density at radius 2 is 1.95 bits per heavy atom. The lowest BCUT2D eigenvalue weighted by atomic mass is 10.1. The zero-order chi connectivity index (χ0) is 25.9. The van der Waals surface area contributed by atoms with E-state index in [2.05, 4.69) is 45.8 Å². The first-order chi connectivity index (χ1) is 18.1. The van der Waals surface area contributed by atoms with E-state index in [1.54, 1.807) is 22.7 Å². The molecule has 2 aliphatic heterocycles. The molecule has 1 atom stereocenters. The van der Waals surface area contributed by atoms with E-state index >= 15 is 0 Å². The first-order valence-corrected chi connectivity index (χ1v) is 14.5. The predicted molar refractivity (Wildman–Crippen MR) is 157 cm³/mol. The number of fused-ring (bicyclic) bond motifs is 2. The van der Waals surface area contributed by atoms with Crippen LogP contribution in [-0.4, -0.2) is 43.2 Å². The SMILES string of the molecule is CC.Cn1c(CN2CCCC2)cc2cc(-n3cnc4c(c3=O)SCC(C3=CC=CC(Cl)C=C3)=C4)ccc21. The molecule has 1 unspecified atom stereocenters. The van der Waals surface area contributed by atoms with E-state index in [0.717, 1.165) is 40.2 Å². The van der Waals surface area contributed by atoms with E-state index in [-0.39, 0.29) is 10.9 Å². The van der Waals surface area contributed by atoms with Gasteiger partial charge in [0.1, 0.15) is 6.33 Å². The lowest BCUT2D eigenvalue weighted by molar-refractivity contribution is 0.324. The average Bonchev–Trinajstić information content (AvgIpc) is 3.48. The Morgan fingerprint density at radius 3 is 2.76 bits per heavy atom. The number of halogens is 1. The normalized spacial score (nSPS) is 19.2. The molecular formula is C30H33ClN4OS. The highest BCUT2D eigenvalue weighted by Gasteiger charge is 2.20. The number of likely N-dealkylation sites (tertiary alicyclic amines) is 1. The van der Waals surface area contributed by atoms with Crippen LogP contribution in [0.25, 0.3) is 22.7 Å². The van der Waals surface area contributed by atoms with Gasteiger partial charge in [-0.15, -0.1) is 23.4 Å². The van der Waals surface area contributed by atoms with Crippen molar-refractivity contribution >= 4 is 40.3 Å². The summed E-state index contributed by atoms with van der Waals surface area (Å²) in [4.78, 5) is 21.3. The van der Waals surface area contributed by atoms with Crippen LogP contribution in [0.5, 0.6) is 0 Å². The summed E-state index contributed by atoms with van der Waals surface area (Å²) in [6, 6.07) is 8.48. The van der Waals surface area contributed by atoms with Crippen molar-refractivity contribution in [3.8, 4) is 5.69 Å². The maximum absolute atomic E-state index is 13.4. The van der Waals surface area contributed by atoms with E-state index in [1.165, 1.54) is 37.1 Å². The van der Waals surface area contributed by atoms with Gasteiger partial charge in [0.2, 0.25) is 0 Å². The predicted octanol–water partition coefficient (Wildman–Crippen LogP) is 6.50. The highest BCUT2D eigenvalue weighted by molar-refractivity contribution is 7.99. The van der Waals surface area contributed by atoms with Crippen LogP contribution in [0.15, 0.2) is 81.8 Å². The van der Waals surface area contributed by atoms with Gasteiger partial charge >= 0.3 is 0 Å².